The number of anilines is 1. The van der Waals surface area contributed by atoms with Crippen molar-refractivity contribution in [2.75, 3.05) is 18.1 Å². The molecule has 1 unspecified atom stereocenters. The lowest BCUT2D eigenvalue weighted by Crippen LogP contribution is -2.40. The van der Waals surface area contributed by atoms with Gasteiger partial charge >= 0.3 is 6.03 Å². The second kappa shape index (κ2) is 8.83. The van der Waals surface area contributed by atoms with E-state index in [4.69, 9.17) is 9.47 Å². The highest BCUT2D eigenvalue weighted by molar-refractivity contribution is 6.09. The van der Waals surface area contributed by atoms with Crippen molar-refractivity contribution in [3.8, 4) is 11.9 Å². The summed E-state index contributed by atoms with van der Waals surface area (Å²) < 4.78 is 11.2. The number of nitriles is 1. The van der Waals surface area contributed by atoms with Crippen LogP contribution in [0, 0.1) is 11.5 Å². The van der Waals surface area contributed by atoms with Gasteiger partial charge in [0.05, 0.1) is 11.8 Å². The maximum atomic E-state index is 12.3. The van der Waals surface area contributed by atoms with Crippen molar-refractivity contribution in [3.63, 3.8) is 0 Å². The third-order valence-corrected chi connectivity index (χ3v) is 4.10. The molecule has 1 heterocycles. The normalized spacial score (nSPS) is 15.6. The molecule has 0 saturated carbocycles. The van der Waals surface area contributed by atoms with Gasteiger partial charge in [-0.25, -0.2) is 4.79 Å². The van der Waals surface area contributed by atoms with Crippen LogP contribution in [-0.4, -0.2) is 31.3 Å². The summed E-state index contributed by atoms with van der Waals surface area (Å²) in [7, 11) is 0. The molecular formula is C20H19N3O4. The summed E-state index contributed by atoms with van der Waals surface area (Å²) in [4.78, 5) is 25.3. The molecule has 0 bridgehead atoms. The maximum absolute atomic E-state index is 12.3. The average molecular weight is 365 g/mol. The number of nitrogens with one attached hydrogen (secondary N) is 1. The van der Waals surface area contributed by atoms with Crippen molar-refractivity contribution >= 4 is 17.6 Å². The number of hydrogen-bond donors (Lipinski definition) is 1. The number of nitrogens with zero attached hydrogens (tertiary/aromatic N) is 2. The lowest BCUT2D eigenvalue weighted by atomic mass is 10.2. The van der Waals surface area contributed by atoms with Crippen LogP contribution in [0.15, 0.2) is 54.6 Å². The number of imide groups is 1. The number of urea groups is 1. The fourth-order valence-corrected chi connectivity index (χ4v) is 2.71. The minimum absolute atomic E-state index is 0.0625. The minimum atomic E-state index is -0.831. The predicted molar refractivity (Wildman–Crippen MR) is 98.3 cm³/mol. The molecule has 3 amide bonds. The first-order valence-corrected chi connectivity index (χ1v) is 8.62. The quantitative estimate of drug-likeness (QED) is 0.649. The van der Waals surface area contributed by atoms with Gasteiger partial charge in [-0.15, -0.1) is 0 Å². The predicted octanol–water partition coefficient (Wildman–Crippen LogP) is 3.08. The summed E-state index contributed by atoms with van der Waals surface area (Å²) in [5.74, 6) is -0.0583. The summed E-state index contributed by atoms with van der Waals surface area (Å²) in [6.07, 6.45) is 3.82. The fraction of sp³-hybridized carbons (Fsp3) is 0.250. The van der Waals surface area contributed by atoms with Crippen LogP contribution in [0.5, 0.6) is 5.75 Å². The summed E-state index contributed by atoms with van der Waals surface area (Å²) in [6.45, 7) is 1.15. The first-order valence-electron chi connectivity index (χ1n) is 8.62. The molecule has 7 heteroatoms. The molecule has 0 radical (unpaired) electrons. The van der Waals surface area contributed by atoms with Crippen LogP contribution in [0.4, 0.5) is 10.5 Å². The molecule has 27 heavy (non-hydrogen) atoms. The van der Waals surface area contributed by atoms with Crippen LogP contribution in [0.25, 0.3) is 0 Å². The standard InChI is InChI=1S/C20H19N3O4/c21-14-23(20(25)22-19(24)15-6-2-1-3-7-15)16-8-4-9-17(12-16)27-13-18-10-5-11-26-18/h1-4,6-9,12,18H,5,10-11,13H2,(H,22,24,25). The molecule has 1 aliphatic heterocycles. The highest BCUT2D eigenvalue weighted by atomic mass is 16.5. The number of rotatable bonds is 5. The van der Waals surface area contributed by atoms with Crippen molar-refractivity contribution in [2.45, 2.75) is 18.9 Å². The topological polar surface area (TPSA) is 91.7 Å². The molecule has 138 valence electrons. The molecule has 2 aromatic carbocycles. The summed E-state index contributed by atoms with van der Waals surface area (Å²) in [5.41, 5.74) is 0.637. The van der Waals surface area contributed by atoms with E-state index in [1.165, 1.54) is 0 Å². The van der Waals surface area contributed by atoms with E-state index in [2.05, 4.69) is 5.32 Å². The van der Waals surface area contributed by atoms with Gasteiger partial charge in [0.2, 0.25) is 0 Å². The molecule has 3 rings (SSSR count). The molecule has 1 N–H and O–H groups in total. The molecule has 2 aromatic rings. The molecule has 7 nitrogen and oxygen atoms in total. The third kappa shape index (κ3) is 4.84. The van der Waals surface area contributed by atoms with E-state index < -0.39 is 11.9 Å². The smallest absolute Gasteiger partial charge is 0.342 e. The number of amides is 3. The molecular weight excluding hydrogens is 346 g/mol. The van der Waals surface area contributed by atoms with Gasteiger partial charge in [0.15, 0.2) is 6.19 Å². The molecule has 1 aliphatic rings. The highest BCUT2D eigenvalue weighted by Gasteiger charge is 2.20. The molecule has 1 saturated heterocycles. The van der Waals surface area contributed by atoms with Crippen molar-refractivity contribution in [3.05, 3.63) is 60.2 Å². The van der Waals surface area contributed by atoms with E-state index in [0.717, 1.165) is 24.3 Å². The van der Waals surface area contributed by atoms with Crippen LogP contribution in [0.2, 0.25) is 0 Å². The molecule has 1 atom stereocenters. The Morgan fingerprint density at radius 1 is 1.22 bits per heavy atom. The van der Waals surface area contributed by atoms with Gasteiger partial charge in [0.25, 0.3) is 5.91 Å². The molecule has 1 fully saturated rings. The van der Waals surface area contributed by atoms with Crippen LogP contribution >= 0.6 is 0 Å². The van der Waals surface area contributed by atoms with Crippen molar-refractivity contribution in [2.24, 2.45) is 0 Å². The number of hydrogen-bond acceptors (Lipinski definition) is 5. The van der Waals surface area contributed by atoms with Crippen LogP contribution in [0.1, 0.15) is 23.2 Å². The van der Waals surface area contributed by atoms with E-state index >= 15 is 0 Å². The lowest BCUT2D eigenvalue weighted by Gasteiger charge is -2.16. The lowest BCUT2D eigenvalue weighted by molar-refractivity contribution is 0.0680. The summed E-state index contributed by atoms with van der Waals surface area (Å²) in [6, 6.07) is 14.1. The van der Waals surface area contributed by atoms with Crippen LogP contribution in [-0.2, 0) is 4.74 Å². The van der Waals surface area contributed by atoms with Gasteiger partial charge < -0.3 is 9.47 Å². The summed E-state index contributed by atoms with van der Waals surface area (Å²) >= 11 is 0. The zero-order valence-corrected chi connectivity index (χ0v) is 14.6. The Morgan fingerprint density at radius 2 is 2.04 bits per heavy atom. The van der Waals surface area contributed by atoms with Gasteiger partial charge in [-0.1, -0.05) is 24.3 Å². The van der Waals surface area contributed by atoms with Crippen LogP contribution in [0.3, 0.4) is 0 Å². The second-order valence-electron chi connectivity index (χ2n) is 6.00. The van der Waals surface area contributed by atoms with E-state index in [9.17, 15) is 14.9 Å². The van der Waals surface area contributed by atoms with Gasteiger partial charge in [-0.05, 0) is 37.1 Å². The Morgan fingerprint density at radius 3 is 2.74 bits per heavy atom. The van der Waals surface area contributed by atoms with Gasteiger partial charge in [0.1, 0.15) is 12.4 Å². The van der Waals surface area contributed by atoms with Crippen molar-refractivity contribution < 1.29 is 19.1 Å². The molecule has 0 spiro atoms. The zero-order valence-electron chi connectivity index (χ0n) is 14.6. The van der Waals surface area contributed by atoms with E-state index in [0.29, 0.717) is 23.6 Å². The fourth-order valence-electron chi connectivity index (χ4n) is 2.71. The maximum Gasteiger partial charge on any atom is 0.342 e. The molecule has 0 aliphatic carbocycles. The SMILES string of the molecule is N#CN(C(=O)NC(=O)c1ccccc1)c1cccc(OCC2CCCO2)c1. The minimum Gasteiger partial charge on any atom is -0.491 e. The van der Waals surface area contributed by atoms with E-state index in [-0.39, 0.29) is 6.10 Å². The highest BCUT2D eigenvalue weighted by Crippen LogP contribution is 2.22. The number of ether oxygens (including phenoxy) is 2. The zero-order chi connectivity index (χ0) is 19.1. The van der Waals surface area contributed by atoms with E-state index in [1.807, 2.05) is 0 Å². The van der Waals surface area contributed by atoms with Gasteiger partial charge in [-0.2, -0.15) is 10.2 Å². The average Bonchev–Trinajstić information content (AvgIpc) is 3.21. The number of carbonyl (C=O) groups excluding carboxylic acids is 2. The van der Waals surface area contributed by atoms with E-state index in [1.54, 1.807) is 60.8 Å². The van der Waals surface area contributed by atoms with Gasteiger partial charge in [-0.3, -0.25) is 10.1 Å². The second-order valence-corrected chi connectivity index (χ2v) is 6.00. The first kappa shape index (κ1) is 18.4. The first-order chi connectivity index (χ1) is 13.2. The Bertz CT molecular complexity index is 842. The Balaban J connectivity index is 1.65. The Labute approximate surface area is 157 Å². The number of benzene rings is 2. The van der Waals surface area contributed by atoms with Gasteiger partial charge in [0, 0.05) is 18.2 Å². The Kier molecular flexibility index (Phi) is 6.02. The monoisotopic (exact) mass is 365 g/mol. The molecule has 0 aromatic heterocycles. The third-order valence-electron chi connectivity index (χ3n) is 4.10. The van der Waals surface area contributed by atoms with Crippen molar-refractivity contribution in [1.82, 2.24) is 5.32 Å². The largest absolute Gasteiger partial charge is 0.491 e. The summed E-state index contributed by atoms with van der Waals surface area (Å²) in [5, 5.41) is 11.6. The number of carbonyl (C=O) groups is 2. The van der Waals surface area contributed by atoms with Crippen molar-refractivity contribution in [1.29, 1.82) is 5.26 Å². The van der Waals surface area contributed by atoms with Crippen LogP contribution < -0.4 is 15.0 Å². The Hall–Kier alpha value is -3.37.